The topological polar surface area (TPSA) is 74.3 Å². The van der Waals surface area contributed by atoms with Gasteiger partial charge in [-0.25, -0.2) is 0 Å². The molecule has 1 aromatic carbocycles. The van der Waals surface area contributed by atoms with E-state index in [0.29, 0.717) is 5.56 Å². The summed E-state index contributed by atoms with van der Waals surface area (Å²) in [6, 6.07) is 8.86. The first-order chi connectivity index (χ1) is 9.02. The summed E-state index contributed by atoms with van der Waals surface area (Å²) in [5.41, 5.74) is -0.870. The van der Waals surface area contributed by atoms with Crippen LogP contribution in [0.15, 0.2) is 30.3 Å². The molecule has 2 atom stereocenters. The van der Waals surface area contributed by atoms with E-state index in [-0.39, 0.29) is 25.0 Å². The second kappa shape index (κ2) is 4.96. The van der Waals surface area contributed by atoms with Crippen molar-refractivity contribution in [3.63, 3.8) is 0 Å². The van der Waals surface area contributed by atoms with Gasteiger partial charge in [-0.3, -0.25) is 9.59 Å². The molecule has 4 nitrogen and oxygen atoms in total. The van der Waals surface area contributed by atoms with Crippen LogP contribution in [0.25, 0.3) is 0 Å². The molecule has 1 aliphatic rings. The van der Waals surface area contributed by atoms with Crippen LogP contribution in [0, 0.1) is 5.41 Å². The van der Waals surface area contributed by atoms with Crippen LogP contribution in [0.3, 0.4) is 0 Å². The Morgan fingerprint density at radius 2 is 1.95 bits per heavy atom. The fraction of sp³-hybridized carbons (Fsp3) is 0.400. The van der Waals surface area contributed by atoms with Crippen LogP contribution in [0.5, 0.6) is 0 Å². The summed E-state index contributed by atoms with van der Waals surface area (Å²) in [4.78, 5) is 35.4. The number of hydrogen-bond donors (Lipinski definition) is 0. The lowest BCUT2D eigenvalue weighted by Gasteiger charge is -2.42. The van der Waals surface area contributed by atoms with Crippen LogP contribution in [0.1, 0.15) is 37.7 Å². The Hall–Kier alpha value is -1.97. The molecule has 100 valence electrons. The number of ketones is 2. The van der Waals surface area contributed by atoms with Gasteiger partial charge in [-0.05, 0) is 12.0 Å². The van der Waals surface area contributed by atoms with Gasteiger partial charge in [0.1, 0.15) is 5.78 Å². The maximum Gasteiger partial charge on any atom is 0.152 e. The zero-order valence-corrected chi connectivity index (χ0v) is 10.7. The molecule has 2 rings (SSSR count). The van der Waals surface area contributed by atoms with Crippen molar-refractivity contribution in [2.24, 2.45) is 5.41 Å². The van der Waals surface area contributed by atoms with Gasteiger partial charge in [0.05, 0.1) is 17.8 Å². The van der Waals surface area contributed by atoms with E-state index in [9.17, 15) is 19.5 Å². The zero-order valence-electron chi connectivity index (χ0n) is 10.7. The monoisotopic (exact) mass is 259 g/mol. The molecule has 1 aromatic rings. The molecule has 0 saturated heterocycles. The standard InChI is InChI=1S/C15H16O4/c1-2-15(14(18)19)12(8-11(16)9-13(15)17)10-6-4-3-5-7-10/h3-7,12H,2,8-9H2,1H3,(H,18,19)/p-1. The smallest absolute Gasteiger partial charge is 0.152 e. The molecule has 1 saturated carbocycles. The number of Topliss-reactive ketones (excluding diaryl/α,β-unsaturated/α-hetero) is 2. The summed E-state index contributed by atoms with van der Waals surface area (Å²) in [5, 5.41) is 11.6. The third kappa shape index (κ3) is 2.07. The molecular weight excluding hydrogens is 244 g/mol. The lowest BCUT2D eigenvalue weighted by atomic mass is 9.61. The molecule has 0 amide bonds. The Bertz CT molecular complexity index is 520. The predicted octanol–water partition coefficient (Wildman–Crippen LogP) is 0.848. The Labute approximate surface area is 111 Å². The second-order valence-corrected chi connectivity index (χ2v) is 4.92. The zero-order chi connectivity index (χ0) is 14.0. The number of carboxylic acids is 1. The number of carbonyl (C=O) groups is 3. The van der Waals surface area contributed by atoms with E-state index in [2.05, 4.69) is 0 Å². The Balaban J connectivity index is 2.55. The minimum absolute atomic E-state index is 0.0809. The highest BCUT2D eigenvalue weighted by Gasteiger charge is 2.50. The molecule has 0 bridgehead atoms. The molecule has 0 heterocycles. The van der Waals surface area contributed by atoms with E-state index in [1.54, 1.807) is 31.2 Å². The average Bonchev–Trinajstić information content (AvgIpc) is 2.39. The fourth-order valence-electron chi connectivity index (χ4n) is 2.94. The molecule has 0 radical (unpaired) electrons. The van der Waals surface area contributed by atoms with Crippen LogP contribution >= 0.6 is 0 Å². The van der Waals surface area contributed by atoms with E-state index in [1.807, 2.05) is 6.07 Å². The predicted molar refractivity (Wildman–Crippen MR) is 66.2 cm³/mol. The van der Waals surface area contributed by atoms with E-state index < -0.39 is 23.1 Å². The number of rotatable bonds is 3. The number of carboxylic acid groups (broad SMARTS) is 1. The maximum atomic E-state index is 12.1. The molecule has 4 heteroatoms. The van der Waals surface area contributed by atoms with Crippen LogP contribution in [-0.4, -0.2) is 17.5 Å². The minimum atomic E-state index is -1.57. The van der Waals surface area contributed by atoms with Crippen molar-refractivity contribution in [2.75, 3.05) is 0 Å². The molecule has 0 spiro atoms. The van der Waals surface area contributed by atoms with Crippen molar-refractivity contribution in [2.45, 2.75) is 32.1 Å². The summed E-state index contributed by atoms with van der Waals surface area (Å²) < 4.78 is 0. The third-order valence-electron chi connectivity index (χ3n) is 4.01. The van der Waals surface area contributed by atoms with E-state index in [1.165, 1.54) is 0 Å². The first-order valence-electron chi connectivity index (χ1n) is 6.33. The van der Waals surface area contributed by atoms with E-state index in [4.69, 9.17) is 0 Å². The molecular formula is C15H15O4-. The first kappa shape index (κ1) is 13.5. The fourth-order valence-corrected chi connectivity index (χ4v) is 2.94. The van der Waals surface area contributed by atoms with Crippen LogP contribution in [-0.2, 0) is 14.4 Å². The molecule has 0 N–H and O–H groups in total. The van der Waals surface area contributed by atoms with Gasteiger partial charge in [0.25, 0.3) is 0 Å². The highest BCUT2D eigenvalue weighted by molar-refractivity contribution is 6.13. The van der Waals surface area contributed by atoms with Crippen molar-refractivity contribution in [3.05, 3.63) is 35.9 Å². The first-order valence-corrected chi connectivity index (χ1v) is 6.33. The molecule has 1 aliphatic carbocycles. The van der Waals surface area contributed by atoms with Crippen molar-refractivity contribution < 1.29 is 19.5 Å². The van der Waals surface area contributed by atoms with Crippen molar-refractivity contribution in [1.82, 2.24) is 0 Å². The average molecular weight is 259 g/mol. The third-order valence-corrected chi connectivity index (χ3v) is 4.01. The van der Waals surface area contributed by atoms with Crippen LogP contribution < -0.4 is 5.11 Å². The minimum Gasteiger partial charge on any atom is -0.549 e. The van der Waals surface area contributed by atoms with Gasteiger partial charge in [-0.1, -0.05) is 37.3 Å². The van der Waals surface area contributed by atoms with Gasteiger partial charge in [-0.15, -0.1) is 0 Å². The summed E-state index contributed by atoms with van der Waals surface area (Å²) >= 11 is 0. The quantitative estimate of drug-likeness (QED) is 0.754. The summed E-state index contributed by atoms with van der Waals surface area (Å²) in [7, 11) is 0. The summed E-state index contributed by atoms with van der Waals surface area (Å²) in [5.74, 6) is -2.73. The van der Waals surface area contributed by atoms with Gasteiger partial charge >= 0.3 is 0 Å². The summed E-state index contributed by atoms with van der Waals surface area (Å²) in [6.07, 6.45) is -0.0796. The molecule has 19 heavy (non-hydrogen) atoms. The number of hydrogen-bond acceptors (Lipinski definition) is 4. The SMILES string of the molecule is CCC1(C(=O)[O-])C(=O)CC(=O)CC1c1ccccc1. The van der Waals surface area contributed by atoms with Gasteiger partial charge in [0.15, 0.2) is 5.78 Å². The van der Waals surface area contributed by atoms with Crippen molar-refractivity contribution >= 4 is 17.5 Å². The van der Waals surface area contributed by atoms with Crippen LogP contribution in [0.4, 0.5) is 0 Å². The second-order valence-electron chi connectivity index (χ2n) is 4.92. The van der Waals surface area contributed by atoms with E-state index >= 15 is 0 Å². The number of benzene rings is 1. The molecule has 0 aromatic heterocycles. The summed E-state index contributed by atoms with van der Waals surface area (Å²) in [6.45, 7) is 1.65. The Morgan fingerprint density at radius 1 is 1.32 bits per heavy atom. The highest BCUT2D eigenvalue weighted by Crippen LogP contribution is 2.46. The van der Waals surface area contributed by atoms with Crippen molar-refractivity contribution in [3.8, 4) is 0 Å². The van der Waals surface area contributed by atoms with Gasteiger partial charge in [0.2, 0.25) is 0 Å². The van der Waals surface area contributed by atoms with E-state index in [0.717, 1.165) is 0 Å². The normalized spacial score (nSPS) is 27.3. The Morgan fingerprint density at radius 3 is 2.47 bits per heavy atom. The van der Waals surface area contributed by atoms with Gasteiger partial charge < -0.3 is 9.90 Å². The maximum absolute atomic E-state index is 12.1. The molecule has 0 aliphatic heterocycles. The van der Waals surface area contributed by atoms with Gasteiger partial charge in [0, 0.05) is 12.3 Å². The van der Waals surface area contributed by atoms with Crippen LogP contribution in [0.2, 0.25) is 0 Å². The van der Waals surface area contributed by atoms with Crippen molar-refractivity contribution in [1.29, 1.82) is 0 Å². The number of aliphatic carboxylic acids is 1. The highest BCUT2D eigenvalue weighted by atomic mass is 16.4. The lowest BCUT2D eigenvalue weighted by molar-refractivity contribution is -0.318. The lowest BCUT2D eigenvalue weighted by Crippen LogP contribution is -2.54. The molecule has 1 fully saturated rings. The number of carbonyl (C=O) groups excluding carboxylic acids is 3. The largest absolute Gasteiger partial charge is 0.549 e. The molecule has 2 unspecified atom stereocenters. The van der Waals surface area contributed by atoms with Gasteiger partial charge in [-0.2, -0.15) is 0 Å². The Kier molecular flexibility index (Phi) is 3.51.